The van der Waals surface area contributed by atoms with Crippen molar-refractivity contribution in [2.24, 2.45) is 0 Å². The molecule has 0 bridgehead atoms. The zero-order chi connectivity index (χ0) is 9.97. The second-order valence-corrected chi connectivity index (χ2v) is 2.99. The summed E-state index contributed by atoms with van der Waals surface area (Å²) in [5.74, 6) is 0.956. The first-order valence-corrected chi connectivity index (χ1v) is 4.24. The molecule has 0 fully saturated rings. The Bertz CT molecular complexity index is 426. The predicted octanol–water partition coefficient (Wildman–Crippen LogP) is 1.40. The lowest BCUT2D eigenvalue weighted by atomic mass is 10.4. The Morgan fingerprint density at radius 1 is 1.57 bits per heavy atom. The van der Waals surface area contributed by atoms with Crippen LogP contribution in [-0.2, 0) is 11.3 Å². The molecule has 2 rings (SSSR count). The van der Waals surface area contributed by atoms with Crippen molar-refractivity contribution in [3.8, 4) is 6.07 Å². The third-order valence-electron chi connectivity index (χ3n) is 2.00. The first kappa shape index (κ1) is 8.57. The van der Waals surface area contributed by atoms with Crippen molar-refractivity contribution in [1.29, 1.82) is 5.26 Å². The minimum Gasteiger partial charge on any atom is -0.449 e. The van der Waals surface area contributed by atoms with E-state index >= 15 is 0 Å². The van der Waals surface area contributed by atoms with Gasteiger partial charge in [-0.05, 0) is 12.1 Å². The predicted molar refractivity (Wildman–Crippen MR) is 47.7 cm³/mol. The van der Waals surface area contributed by atoms with Gasteiger partial charge >= 0.3 is 0 Å². The standard InChI is InChI=1S/C10H8N2O2/c11-6-8-3-4-9(14-8)7-12-5-1-2-10(12)13/h1,3-5H,2,7H2. The van der Waals surface area contributed by atoms with Gasteiger partial charge in [-0.25, -0.2) is 0 Å². The van der Waals surface area contributed by atoms with E-state index in [-0.39, 0.29) is 11.7 Å². The van der Waals surface area contributed by atoms with Crippen LogP contribution < -0.4 is 0 Å². The maximum atomic E-state index is 11.2. The highest BCUT2D eigenvalue weighted by molar-refractivity contribution is 5.81. The Labute approximate surface area is 81.0 Å². The van der Waals surface area contributed by atoms with Gasteiger partial charge in [-0.1, -0.05) is 6.08 Å². The van der Waals surface area contributed by atoms with Crippen LogP contribution in [0.2, 0.25) is 0 Å². The fraction of sp³-hybridized carbons (Fsp3) is 0.200. The van der Waals surface area contributed by atoms with E-state index in [2.05, 4.69) is 0 Å². The Morgan fingerprint density at radius 3 is 3.00 bits per heavy atom. The number of hydrogen-bond donors (Lipinski definition) is 0. The third-order valence-corrected chi connectivity index (χ3v) is 2.00. The van der Waals surface area contributed by atoms with E-state index in [1.54, 1.807) is 29.3 Å². The van der Waals surface area contributed by atoms with Crippen molar-refractivity contribution in [2.45, 2.75) is 13.0 Å². The van der Waals surface area contributed by atoms with Crippen LogP contribution in [0, 0.1) is 11.3 Å². The Kier molecular flexibility index (Phi) is 2.07. The van der Waals surface area contributed by atoms with Crippen LogP contribution in [0.4, 0.5) is 0 Å². The molecule has 2 heterocycles. The highest BCUT2D eigenvalue weighted by Gasteiger charge is 2.16. The van der Waals surface area contributed by atoms with E-state index in [0.29, 0.717) is 18.7 Å². The Balaban J connectivity index is 2.08. The molecule has 1 aliphatic rings. The van der Waals surface area contributed by atoms with Gasteiger partial charge in [-0.15, -0.1) is 0 Å². The van der Waals surface area contributed by atoms with Crippen LogP contribution in [0.3, 0.4) is 0 Å². The lowest BCUT2D eigenvalue weighted by Crippen LogP contribution is -2.19. The molecule has 0 unspecified atom stereocenters. The number of nitrogens with zero attached hydrogens (tertiary/aromatic N) is 2. The maximum Gasteiger partial charge on any atom is 0.230 e. The molecule has 0 spiro atoms. The molecule has 0 atom stereocenters. The van der Waals surface area contributed by atoms with E-state index in [9.17, 15) is 4.79 Å². The molecule has 1 aromatic rings. The van der Waals surface area contributed by atoms with Crippen LogP contribution in [-0.4, -0.2) is 10.8 Å². The normalized spacial score (nSPS) is 14.8. The molecule has 4 heteroatoms. The summed E-state index contributed by atoms with van der Waals surface area (Å²) in [5.41, 5.74) is 0. The molecule has 1 aromatic heterocycles. The molecule has 0 saturated heterocycles. The van der Waals surface area contributed by atoms with Gasteiger partial charge in [-0.3, -0.25) is 4.79 Å². The fourth-order valence-electron chi connectivity index (χ4n) is 1.31. The van der Waals surface area contributed by atoms with Crippen LogP contribution >= 0.6 is 0 Å². The lowest BCUT2D eigenvalue weighted by Gasteiger charge is -2.10. The second-order valence-electron chi connectivity index (χ2n) is 2.99. The van der Waals surface area contributed by atoms with Gasteiger partial charge in [0.05, 0.1) is 6.54 Å². The minimum absolute atomic E-state index is 0.0555. The second kappa shape index (κ2) is 3.38. The van der Waals surface area contributed by atoms with Crippen molar-refractivity contribution >= 4 is 5.91 Å². The number of carbonyl (C=O) groups excluding carboxylic acids is 1. The average molecular weight is 188 g/mol. The molecule has 0 saturated carbocycles. The van der Waals surface area contributed by atoms with E-state index < -0.39 is 0 Å². The van der Waals surface area contributed by atoms with E-state index in [1.807, 2.05) is 6.07 Å². The van der Waals surface area contributed by atoms with Gasteiger partial charge in [0.2, 0.25) is 11.7 Å². The number of rotatable bonds is 2. The van der Waals surface area contributed by atoms with Gasteiger partial charge in [-0.2, -0.15) is 5.26 Å². The Morgan fingerprint density at radius 2 is 2.43 bits per heavy atom. The Hall–Kier alpha value is -2.02. The van der Waals surface area contributed by atoms with Crippen molar-refractivity contribution in [2.75, 3.05) is 0 Å². The zero-order valence-electron chi connectivity index (χ0n) is 7.43. The summed E-state index contributed by atoms with van der Waals surface area (Å²) < 4.78 is 5.15. The summed E-state index contributed by atoms with van der Waals surface area (Å²) in [6, 6.07) is 5.20. The number of amides is 1. The van der Waals surface area contributed by atoms with E-state index in [4.69, 9.17) is 9.68 Å². The minimum atomic E-state index is 0.0555. The first-order chi connectivity index (χ1) is 6.79. The van der Waals surface area contributed by atoms with Crippen molar-refractivity contribution < 1.29 is 9.21 Å². The molecule has 70 valence electrons. The van der Waals surface area contributed by atoms with Crippen LogP contribution in [0.5, 0.6) is 0 Å². The third kappa shape index (κ3) is 1.52. The number of furan rings is 1. The maximum absolute atomic E-state index is 11.2. The van der Waals surface area contributed by atoms with Gasteiger partial charge in [0, 0.05) is 12.6 Å². The van der Waals surface area contributed by atoms with E-state index in [0.717, 1.165) is 0 Å². The summed E-state index contributed by atoms with van der Waals surface area (Å²) >= 11 is 0. The van der Waals surface area contributed by atoms with Crippen molar-refractivity contribution in [3.63, 3.8) is 0 Å². The number of carbonyl (C=O) groups is 1. The monoisotopic (exact) mass is 188 g/mol. The molecule has 4 nitrogen and oxygen atoms in total. The number of hydrogen-bond acceptors (Lipinski definition) is 3. The quantitative estimate of drug-likeness (QED) is 0.704. The van der Waals surface area contributed by atoms with Crippen LogP contribution in [0.15, 0.2) is 28.8 Å². The largest absolute Gasteiger partial charge is 0.449 e. The molecule has 1 aliphatic heterocycles. The first-order valence-electron chi connectivity index (χ1n) is 4.24. The van der Waals surface area contributed by atoms with Crippen molar-refractivity contribution in [1.82, 2.24) is 4.90 Å². The molecular formula is C10H8N2O2. The summed E-state index contributed by atoms with van der Waals surface area (Å²) in [6.45, 7) is 0.400. The smallest absolute Gasteiger partial charge is 0.230 e. The van der Waals surface area contributed by atoms with Crippen molar-refractivity contribution in [3.05, 3.63) is 35.9 Å². The summed E-state index contributed by atoms with van der Waals surface area (Å²) in [5, 5.41) is 8.53. The molecule has 14 heavy (non-hydrogen) atoms. The number of nitriles is 1. The molecule has 0 aliphatic carbocycles. The van der Waals surface area contributed by atoms with Gasteiger partial charge < -0.3 is 9.32 Å². The topological polar surface area (TPSA) is 57.2 Å². The fourth-order valence-corrected chi connectivity index (χ4v) is 1.31. The SMILES string of the molecule is N#Cc1ccc(CN2C=CCC2=O)o1. The lowest BCUT2D eigenvalue weighted by molar-refractivity contribution is -0.127. The van der Waals surface area contributed by atoms with Crippen LogP contribution in [0.25, 0.3) is 0 Å². The molecule has 0 radical (unpaired) electrons. The summed E-state index contributed by atoms with van der Waals surface area (Å²) in [7, 11) is 0. The van der Waals surface area contributed by atoms with E-state index in [1.165, 1.54) is 0 Å². The van der Waals surface area contributed by atoms with Gasteiger partial charge in [0.25, 0.3) is 0 Å². The molecular weight excluding hydrogens is 180 g/mol. The molecule has 0 N–H and O–H groups in total. The van der Waals surface area contributed by atoms with Gasteiger partial charge in [0.1, 0.15) is 11.8 Å². The molecule has 0 aromatic carbocycles. The molecule has 1 amide bonds. The zero-order valence-corrected chi connectivity index (χ0v) is 7.43. The highest BCUT2D eigenvalue weighted by atomic mass is 16.3. The highest BCUT2D eigenvalue weighted by Crippen LogP contribution is 2.14. The van der Waals surface area contributed by atoms with Gasteiger partial charge in [0.15, 0.2) is 0 Å². The summed E-state index contributed by atoms with van der Waals surface area (Å²) in [4.78, 5) is 12.8. The summed E-state index contributed by atoms with van der Waals surface area (Å²) in [6.07, 6.45) is 3.99. The average Bonchev–Trinajstić information content (AvgIpc) is 2.77. The van der Waals surface area contributed by atoms with Crippen LogP contribution in [0.1, 0.15) is 17.9 Å².